The normalized spacial score (nSPS) is 11.6. The number of rotatable bonds is 9. The van der Waals surface area contributed by atoms with Gasteiger partial charge in [0.05, 0.1) is 27.4 Å². The lowest BCUT2D eigenvalue weighted by Gasteiger charge is -2.27. The molecule has 0 aliphatic rings. The van der Waals surface area contributed by atoms with Crippen LogP contribution in [0.25, 0.3) is 0 Å². The zero-order valence-corrected chi connectivity index (χ0v) is 16.0. The maximum atomic E-state index is 13.5. The Kier molecular flexibility index (Phi) is 7.06. The van der Waals surface area contributed by atoms with Crippen LogP contribution in [0.5, 0.6) is 11.5 Å². The molecule has 0 aliphatic heterocycles. The molecular formula is C19H25O5P. The molecule has 0 fully saturated rings. The summed E-state index contributed by atoms with van der Waals surface area (Å²) in [7, 11) is -0.177. The van der Waals surface area contributed by atoms with Gasteiger partial charge in [0, 0.05) is 0 Å². The Morgan fingerprint density at radius 1 is 0.760 bits per heavy atom. The maximum Gasteiger partial charge on any atom is 0.342 e. The summed E-state index contributed by atoms with van der Waals surface area (Å²) in [5, 5.41) is 0. The fourth-order valence-corrected chi connectivity index (χ4v) is 4.84. The second kappa shape index (κ2) is 9.04. The van der Waals surface area contributed by atoms with Gasteiger partial charge in [-0.15, -0.1) is 0 Å². The molecule has 2 aromatic carbocycles. The lowest BCUT2D eigenvalue weighted by Crippen LogP contribution is -2.08. The van der Waals surface area contributed by atoms with Crippen LogP contribution in [0.15, 0.2) is 48.5 Å². The highest BCUT2D eigenvalue weighted by Gasteiger charge is 2.38. The van der Waals surface area contributed by atoms with Crippen LogP contribution in [0.1, 0.15) is 30.6 Å². The van der Waals surface area contributed by atoms with E-state index >= 15 is 0 Å². The first-order valence-corrected chi connectivity index (χ1v) is 9.85. The molecule has 0 amide bonds. The number of ether oxygens (including phenoxy) is 2. The Morgan fingerprint density at radius 2 is 1.12 bits per heavy atom. The van der Waals surface area contributed by atoms with Crippen LogP contribution in [0.3, 0.4) is 0 Å². The molecule has 6 heteroatoms. The average molecular weight is 364 g/mol. The highest BCUT2D eigenvalue weighted by atomic mass is 31.2. The minimum Gasteiger partial charge on any atom is -0.497 e. The molecule has 136 valence electrons. The third kappa shape index (κ3) is 4.63. The van der Waals surface area contributed by atoms with Gasteiger partial charge in [0.1, 0.15) is 17.2 Å². The molecule has 0 unspecified atom stereocenters. The molecule has 0 radical (unpaired) electrons. The van der Waals surface area contributed by atoms with Crippen LogP contribution in [0.2, 0.25) is 0 Å². The Morgan fingerprint density at radius 3 is 1.40 bits per heavy atom. The minimum absolute atomic E-state index is 0.306. The number of hydrogen-bond acceptors (Lipinski definition) is 5. The summed E-state index contributed by atoms with van der Waals surface area (Å²) in [6, 6.07) is 14.9. The third-order valence-electron chi connectivity index (χ3n) is 3.80. The van der Waals surface area contributed by atoms with Crippen LogP contribution in [0, 0.1) is 0 Å². The third-order valence-corrected chi connectivity index (χ3v) is 6.26. The highest BCUT2D eigenvalue weighted by Crippen LogP contribution is 2.63. The van der Waals surface area contributed by atoms with Gasteiger partial charge in [-0.25, -0.2) is 0 Å². The van der Waals surface area contributed by atoms with E-state index in [9.17, 15) is 4.57 Å². The fourth-order valence-electron chi connectivity index (χ4n) is 2.68. The number of hydrogen-bond donors (Lipinski definition) is 0. The molecule has 0 aliphatic carbocycles. The molecule has 0 atom stereocenters. The zero-order chi connectivity index (χ0) is 18.3. The number of methoxy groups -OCH3 is 2. The van der Waals surface area contributed by atoms with Crippen LogP contribution in [0.4, 0.5) is 0 Å². The SMILES string of the molecule is CCOP(=O)(OCC)C(c1ccc(OC)cc1)c1ccc(OC)cc1. The Bertz CT molecular complexity index is 639. The molecule has 0 bridgehead atoms. The van der Waals surface area contributed by atoms with E-state index in [1.54, 1.807) is 14.2 Å². The van der Waals surface area contributed by atoms with Gasteiger partial charge in [-0.2, -0.15) is 0 Å². The first-order chi connectivity index (χ1) is 12.1. The summed E-state index contributed by atoms with van der Waals surface area (Å²) in [5.41, 5.74) is 1.16. The van der Waals surface area contributed by atoms with E-state index in [1.807, 2.05) is 62.4 Å². The van der Waals surface area contributed by atoms with Gasteiger partial charge in [-0.3, -0.25) is 4.57 Å². The van der Waals surface area contributed by atoms with Crippen LogP contribution < -0.4 is 9.47 Å². The van der Waals surface area contributed by atoms with Crippen molar-refractivity contribution in [2.45, 2.75) is 19.5 Å². The van der Waals surface area contributed by atoms with Crippen molar-refractivity contribution in [2.75, 3.05) is 27.4 Å². The molecule has 0 saturated heterocycles. The molecule has 2 aromatic rings. The molecule has 0 spiro atoms. The first kappa shape index (κ1) is 19.5. The van der Waals surface area contributed by atoms with E-state index in [1.165, 1.54) is 0 Å². The summed E-state index contributed by atoms with van der Waals surface area (Å²) in [6.45, 7) is 4.23. The van der Waals surface area contributed by atoms with E-state index in [4.69, 9.17) is 18.5 Å². The maximum absolute atomic E-state index is 13.5. The number of benzene rings is 2. The minimum atomic E-state index is -3.40. The smallest absolute Gasteiger partial charge is 0.342 e. The lowest BCUT2D eigenvalue weighted by molar-refractivity contribution is 0.215. The standard InChI is InChI=1S/C19H25O5P/c1-5-23-25(20,24-6-2)19(15-7-11-17(21-3)12-8-15)16-9-13-18(22-4)14-10-16/h7-14,19H,5-6H2,1-4H3. The van der Waals surface area contributed by atoms with E-state index in [-0.39, 0.29) is 0 Å². The van der Waals surface area contributed by atoms with Crippen molar-refractivity contribution in [1.29, 1.82) is 0 Å². The molecule has 25 heavy (non-hydrogen) atoms. The quantitative estimate of drug-likeness (QED) is 0.582. The van der Waals surface area contributed by atoms with Crippen molar-refractivity contribution < 1.29 is 23.1 Å². The van der Waals surface area contributed by atoms with Crippen LogP contribution >= 0.6 is 7.60 Å². The molecule has 0 heterocycles. The van der Waals surface area contributed by atoms with Crippen molar-refractivity contribution in [3.63, 3.8) is 0 Å². The van der Waals surface area contributed by atoms with E-state index in [2.05, 4.69) is 0 Å². The largest absolute Gasteiger partial charge is 0.497 e. The average Bonchev–Trinajstić information content (AvgIpc) is 2.63. The first-order valence-electron chi connectivity index (χ1n) is 8.24. The predicted octanol–water partition coefficient (Wildman–Crippen LogP) is 5.06. The van der Waals surface area contributed by atoms with E-state index < -0.39 is 13.3 Å². The fraction of sp³-hybridized carbons (Fsp3) is 0.368. The summed E-state index contributed by atoms with van der Waals surface area (Å²) in [5.74, 6) is 1.47. The molecule has 0 aromatic heterocycles. The van der Waals surface area contributed by atoms with E-state index in [0.29, 0.717) is 13.2 Å². The monoisotopic (exact) mass is 364 g/mol. The van der Waals surface area contributed by atoms with Crippen molar-refractivity contribution in [3.05, 3.63) is 59.7 Å². The van der Waals surface area contributed by atoms with Gasteiger partial charge in [-0.05, 0) is 49.2 Å². The van der Waals surface area contributed by atoms with Crippen molar-refractivity contribution in [1.82, 2.24) is 0 Å². The summed E-state index contributed by atoms with van der Waals surface area (Å²) in [4.78, 5) is 0. The summed E-state index contributed by atoms with van der Waals surface area (Å²) in [6.07, 6.45) is 0. The predicted molar refractivity (Wildman–Crippen MR) is 98.7 cm³/mol. The molecule has 0 saturated carbocycles. The summed E-state index contributed by atoms with van der Waals surface area (Å²) < 4.78 is 35.2. The van der Waals surface area contributed by atoms with Gasteiger partial charge in [0.15, 0.2) is 0 Å². The Labute approximate surface area is 149 Å². The molecular weight excluding hydrogens is 339 g/mol. The second-order valence-electron chi connectivity index (χ2n) is 5.32. The molecule has 0 N–H and O–H groups in total. The molecule has 2 rings (SSSR count). The van der Waals surface area contributed by atoms with Gasteiger partial charge in [0.2, 0.25) is 0 Å². The van der Waals surface area contributed by atoms with Gasteiger partial charge in [0.25, 0.3) is 0 Å². The van der Waals surface area contributed by atoms with Gasteiger partial charge < -0.3 is 18.5 Å². The van der Waals surface area contributed by atoms with Gasteiger partial charge in [-0.1, -0.05) is 24.3 Å². The second-order valence-corrected chi connectivity index (χ2v) is 7.44. The summed E-state index contributed by atoms with van der Waals surface area (Å²) >= 11 is 0. The zero-order valence-electron chi connectivity index (χ0n) is 15.1. The van der Waals surface area contributed by atoms with Crippen molar-refractivity contribution in [2.24, 2.45) is 0 Å². The van der Waals surface area contributed by atoms with Crippen molar-refractivity contribution >= 4 is 7.60 Å². The molecule has 5 nitrogen and oxygen atoms in total. The Balaban J connectivity index is 2.53. The lowest BCUT2D eigenvalue weighted by atomic mass is 10.0. The van der Waals surface area contributed by atoms with Gasteiger partial charge >= 0.3 is 7.60 Å². The van der Waals surface area contributed by atoms with E-state index in [0.717, 1.165) is 22.6 Å². The topological polar surface area (TPSA) is 54.0 Å². The van der Waals surface area contributed by atoms with Crippen LogP contribution in [-0.4, -0.2) is 27.4 Å². The highest BCUT2D eigenvalue weighted by molar-refractivity contribution is 7.54. The Hall–Kier alpha value is -1.81. The van der Waals surface area contributed by atoms with Crippen molar-refractivity contribution in [3.8, 4) is 11.5 Å². The van der Waals surface area contributed by atoms with Crippen LogP contribution in [-0.2, 0) is 13.6 Å².